The van der Waals surface area contributed by atoms with Crippen LogP contribution >= 0.6 is 0 Å². The highest BCUT2D eigenvalue weighted by molar-refractivity contribution is 5.49. The molecule has 0 radical (unpaired) electrons. The van der Waals surface area contributed by atoms with Crippen LogP contribution in [0.15, 0.2) is 48.5 Å². The number of fused-ring (bicyclic) bond motifs is 3. The van der Waals surface area contributed by atoms with E-state index in [4.69, 9.17) is 9.47 Å². The van der Waals surface area contributed by atoms with Crippen molar-refractivity contribution in [2.45, 2.75) is 31.4 Å². The number of ether oxygens (including phenoxy) is 2. The predicted molar refractivity (Wildman–Crippen MR) is 91.1 cm³/mol. The third-order valence-electron chi connectivity index (χ3n) is 5.10. The molecule has 0 spiro atoms. The number of hydrogen-bond acceptors (Lipinski definition) is 3. The summed E-state index contributed by atoms with van der Waals surface area (Å²) in [4.78, 5) is 2.44. The van der Waals surface area contributed by atoms with Crippen molar-refractivity contribution < 1.29 is 9.47 Å². The summed E-state index contributed by atoms with van der Waals surface area (Å²) in [5.41, 5.74) is 2.46. The van der Waals surface area contributed by atoms with Crippen LogP contribution in [0, 0.1) is 0 Å². The highest BCUT2D eigenvalue weighted by Gasteiger charge is 2.37. The number of piperidine rings is 1. The average molecular weight is 309 g/mol. The standard InChI is InChI=1S/C20H23NO2/c1-21-12-6-9-16-17(21)14-23-19-11-5-10-18(20(16)19)22-13-15-7-3-2-4-8-15/h2-5,7-8,10-11,16-17H,6,9,12-14H2,1H3/t16-,17+/m0/s1. The molecule has 0 aliphatic carbocycles. The Morgan fingerprint density at radius 3 is 2.87 bits per heavy atom. The van der Waals surface area contributed by atoms with E-state index in [-0.39, 0.29) is 0 Å². The van der Waals surface area contributed by atoms with Crippen molar-refractivity contribution in [3.05, 3.63) is 59.7 Å². The van der Waals surface area contributed by atoms with E-state index < -0.39 is 0 Å². The van der Waals surface area contributed by atoms with Crippen molar-refractivity contribution in [2.24, 2.45) is 0 Å². The highest BCUT2D eigenvalue weighted by Crippen LogP contribution is 2.45. The first-order valence-corrected chi connectivity index (χ1v) is 8.45. The van der Waals surface area contributed by atoms with Gasteiger partial charge in [0.2, 0.25) is 0 Å². The van der Waals surface area contributed by atoms with Crippen molar-refractivity contribution in [2.75, 3.05) is 20.2 Å². The fourth-order valence-corrected chi connectivity index (χ4v) is 3.86. The van der Waals surface area contributed by atoms with Crippen LogP contribution in [0.3, 0.4) is 0 Å². The molecule has 2 aromatic carbocycles. The van der Waals surface area contributed by atoms with Gasteiger partial charge >= 0.3 is 0 Å². The van der Waals surface area contributed by atoms with Crippen LogP contribution in [-0.2, 0) is 6.61 Å². The molecule has 2 aromatic rings. The van der Waals surface area contributed by atoms with Crippen LogP contribution in [0.5, 0.6) is 11.5 Å². The lowest BCUT2D eigenvalue weighted by Crippen LogP contribution is -2.47. The minimum absolute atomic E-state index is 0.470. The molecule has 4 rings (SSSR count). The Morgan fingerprint density at radius 2 is 2.00 bits per heavy atom. The average Bonchev–Trinajstić information content (AvgIpc) is 2.61. The maximum absolute atomic E-state index is 6.18. The quantitative estimate of drug-likeness (QED) is 0.860. The first kappa shape index (κ1) is 14.6. The molecule has 3 nitrogen and oxygen atoms in total. The van der Waals surface area contributed by atoms with E-state index in [9.17, 15) is 0 Å². The van der Waals surface area contributed by atoms with E-state index in [1.165, 1.54) is 24.0 Å². The van der Waals surface area contributed by atoms with Gasteiger partial charge in [-0.1, -0.05) is 36.4 Å². The van der Waals surface area contributed by atoms with Crippen LogP contribution in [0.1, 0.15) is 29.9 Å². The molecule has 0 N–H and O–H groups in total. The Kier molecular flexibility index (Phi) is 3.96. The van der Waals surface area contributed by atoms with E-state index in [1.54, 1.807) is 0 Å². The molecule has 0 amide bonds. The maximum atomic E-state index is 6.18. The van der Waals surface area contributed by atoms with Crippen LogP contribution in [0.2, 0.25) is 0 Å². The van der Waals surface area contributed by atoms with E-state index in [2.05, 4.69) is 36.2 Å². The van der Waals surface area contributed by atoms with Gasteiger partial charge in [0.15, 0.2) is 0 Å². The molecule has 120 valence electrons. The van der Waals surface area contributed by atoms with Crippen LogP contribution in [0.4, 0.5) is 0 Å². The van der Waals surface area contributed by atoms with Gasteiger partial charge in [-0.25, -0.2) is 0 Å². The second-order valence-electron chi connectivity index (χ2n) is 6.55. The van der Waals surface area contributed by atoms with Gasteiger partial charge in [-0.05, 0) is 44.1 Å². The van der Waals surface area contributed by atoms with E-state index in [1.807, 2.05) is 24.3 Å². The molecule has 0 saturated carbocycles. The van der Waals surface area contributed by atoms with E-state index in [0.717, 1.165) is 24.7 Å². The lowest BCUT2D eigenvalue weighted by Gasteiger charge is -2.43. The van der Waals surface area contributed by atoms with Gasteiger partial charge in [-0.15, -0.1) is 0 Å². The highest BCUT2D eigenvalue weighted by atomic mass is 16.5. The van der Waals surface area contributed by atoms with Crippen molar-refractivity contribution in [1.29, 1.82) is 0 Å². The first-order valence-electron chi connectivity index (χ1n) is 8.45. The van der Waals surface area contributed by atoms with Gasteiger partial charge in [0.25, 0.3) is 0 Å². The second-order valence-corrected chi connectivity index (χ2v) is 6.55. The summed E-state index contributed by atoms with van der Waals surface area (Å²) in [5, 5.41) is 0. The monoisotopic (exact) mass is 309 g/mol. The minimum Gasteiger partial charge on any atom is -0.491 e. The summed E-state index contributed by atoms with van der Waals surface area (Å²) >= 11 is 0. The van der Waals surface area contributed by atoms with Crippen LogP contribution < -0.4 is 9.47 Å². The zero-order valence-corrected chi connectivity index (χ0v) is 13.6. The number of likely N-dealkylation sites (N-methyl/N-ethyl adjacent to an activating group) is 1. The van der Waals surface area contributed by atoms with Gasteiger partial charge in [-0.2, -0.15) is 0 Å². The molecule has 1 fully saturated rings. The van der Waals surface area contributed by atoms with Gasteiger partial charge < -0.3 is 9.47 Å². The molecule has 2 heterocycles. The molecule has 0 unspecified atom stereocenters. The van der Waals surface area contributed by atoms with Gasteiger partial charge in [0.1, 0.15) is 24.7 Å². The Hall–Kier alpha value is -2.00. The number of benzene rings is 2. The number of nitrogens with zero attached hydrogens (tertiary/aromatic N) is 1. The normalized spacial score (nSPS) is 23.5. The summed E-state index contributed by atoms with van der Waals surface area (Å²) in [6.45, 7) is 2.55. The lowest BCUT2D eigenvalue weighted by molar-refractivity contribution is 0.0845. The lowest BCUT2D eigenvalue weighted by atomic mass is 9.81. The van der Waals surface area contributed by atoms with E-state index in [0.29, 0.717) is 18.6 Å². The topological polar surface area (TPSA) is 21.7 Å². The summed E-state index contributed by atoms with van der Waals surface area (Å²) < 4.78 is 12.2. The van der Waals surface area contributed by atoms with Crippen molar-refractivity contribution in [3.63, 3.8) is 0 Å². The smallest absolute Gasteiger partial charge is 0.127 e. The molecule has 2 atom stereocenters. The third kappa shape index (κ3) is 2.81. The molecular formula is C20H23NO2. The third-order valence-corrected chi connectivity index (χ3v) is 5.10. The van der Waals surface area contributed by atoms with Crippen LogP contribution in [-0.4, -0.2) is 31.1 Å². The second kappa shape index (κ2) is 6.25. The van der Waals surface area contributed by atoms with Crippen molar-refractivity contribution in [3.8, 4) is 11.5 Å². The molecule has 3 heteroatoms. The fraction of sp³-hybridized carbons (Fsp3) is 0.400. The fourth-order valence-electron chi connectivity index (χ4n) is 3.86. The van der Waals surface area contributed by atoms with Crippen molar-refractivity contribution >= 4 is 0 Å². The summed E-state index contributed by atoms with van der Waals surface area (Å²) in [5.74, 6) is 2.51. The molecule has 1 saturated heterocycles. The first-order chi connectivity index (χ1) is 11.3. The van der Waals surface area contributed by atoms with E-state index >= 15 is 0 Å². The minimum atomic E-state index is 0.470. The number of rotatable bonds is 3. The number of likely N-dealkylation sites (tertiary alicyclic amines) is 1. The Labute approximate surface area is 137 Å². The molecular weight excluding hydrogens is 286 g/mol. The van der Waals surface area contributed by atoms with Gasteiger partial charge in [0.05, 0.1) is 6.04 Å². The summed E-state index contributed by atoms with van der Waals surface area (Å²) in [6.07, 6.45) is 2.46. The molecule has 0 bridgehead atoms. The molecule has 2 aliphatic heterocycles. The molecule has 23 heavy (non-hydrogen) atoms. The van der Waals surface area contributed by atoms with Crippen LogP contribution in [0.25, 0.3) is 0 Å². The summed E-state index contributed by atoms with van der Waals surface area (Å²) in [7, 11) is 2.21. The SMILES string of the molecule is CN1CCC[C@@H]2c3c(OCc4ccccc4)cccc3OC[C@H]21. The van der Waals surface area contributed by atoms with Crippen molar-refractivity contribution in [1.82, 2.24) is 4.90 Å². The molecule has 2 aliphatic rings. The van der Waals surface area contributed by atoms with Gasteiger partial charge in [-0.3, -0.25) is 4.90 Å². The molecule has 0 aromatic heterocycles. The number of hydrogen-bond donors (Lipinski definition) is 0. The predicted octanol–water partition coefficient (Wildman–Crippen LogP) is 3.84. The zero-order chi connectivity index (χ0) is 15.6. The van der Waals surface area contributed by atoms with Gasteiger partial charge in [0, 0.05) is 11.5 Å². The summed E-state index contributed by atoms with van der Waals surface area (Å²) in [6, 6.07) is 17.0. The zero-order valence-electron chi connectivity index (χ0n) is 13.6. The maximum Gasteiger partial charge on any atom is 0.127 e. The Morgan fingerprint density at radius 1 is 1.13 bits per heavy atom. The largest absolute Gasteiger partial charge is 0.491 e. The Balaban J connectivity index is 1.62. The Bertz CT molecular complexity index is 671.